The minimum atomic E-state index is 0.140. The largest absolute Gasteiger partial charge is 0.331 e. The molecule has 2 heteroatoms. The molecule has 1 rings (SSSR count). The van der Waals surface area contributed by atoms with Gasteiger partial charge in [0.15, 0.2) is 0 Å². The van der Waals surface area contributed by atoms with E-state index in [1.165, 1.54) is 5.56 Å². The predicted octanol–water partition coefficient (Wildman–Crippen LogP) is 1.71. The zero-order valence-corrected chi connectivity index (χ0v) is 8.89. The predicted molar refractivity (Wildman–Crippen MR) is 61.2 cm³/mol. The van der Waals surface area contributed by atoms with E-state index in [1.54, 1.807) is 4.90 Å². The van der Waals surface area contributed by atoms with E-state index in [0.717, 1.165) is 12.8 Å². The first-order valence-corrected chi connectivity index (χ1v) is 4.96. The number of carbonyl (C=O) groups excluding carboxylic acids is 1. The Morgan fingerprint density at radius 1 is 1.47 bits per heavy atom. The van der Waals surface area contributed by atoms with E-state index < -0.39 is 0 Å². The molecule has 0 fully saturated rings. The SMILES string of the molecule is C#CCN(C=O)C(C)Cc1ccccc1. The monoisotopic (exact) mass is 201 g/mol. The Morgan fingerprint density at radius 3 is 2.67 bits per heavy atom. The van der Waals surface area contributed by atoms with Gasteiger partial charge in [0.25, 0.3) is 0 Å². The summed E-state index contributed by atoms with van der Waals surface area (Å²) in [5.41, 5.74) is 1.22. The third kappa shape index (κ3) is 3.47. The molecular weight excluding hydrogens is 186 g/mol. The van der Waals surface area contributed by atoms with Gasteiger partial charge < -0.3 is 4.90 Å². The third-order valence-electron chi connectivity index (χ3n) is 2.35. The van der Waals surface area contributed by atoms with Crippen molar-refractivity contribution in [3.8, 4) is 12.3 Å². The van der Waals surface area contributed by atoms with Gasteiger partial charge in [-0.05, 0) is 18.9 Å². The molecule has 1 aromatic rings. The van der Waals surface area contributed by atoms with Crippen LogP contribution < -0.4 is 0 Å². The van der Waals surface area contributed by atoms with Crippen molar-refractivity contribution in [1.29, 1.82) is 0 Å². The van der Waals surface area contributed by atoms with Crippen LogP contribution in [-0.4, -0.2) is 23.9 Å². The number of hydrogen-bond acceptors (Lipinski definition) is 1. The maximum atomic E-state index is 10.8. The molecule has 0 N–H and O–H groups in total. The second kappa shape index (κ2) is 5.87. The van der Waals surface area contributed by atoms with Crippen LogP contribution in [0.4, 0.5) is 0 Å². The molecule has 1 aromatic carbocycles. The van der Waals surface area contributed by atoms with Gasteiger partial charge in [0.05, 0.1) is 6.54 Å². The minimum Gasteiger partial charge on any atom is -0.331 e. The zero-order chi connectivity index (χ0) is 11.1. The molecule has 0 aliphatic rings. The first-order chi connectivity index (χ1) is 7.27. The molecule has 0 saturated carbocycles. The normalized spacial score (nSPS) is 11.5. The first kappa shape index (κ1) is 11.3. The van der Waals surface area contributed by atoms with Gasteiger partial charge in [-0.2, -0.15) is 0 Å². The van der Waals surface area contributed by atoms with Crippen LogP contribution in [-0.2, 0) is 11.2 Å². The molecule has 0 saturated heterocycles. The number of rotatable bonds is 5. The molecule has 1 unspecified atom stereocenters. The van der Waals surface area contributed by atoms with Gasteiger partial charge in [-0.1, -0.05) is 36.3 Å². The topological polar surface area (TPSA) is 20.3 Å². The van der Waals surface area contributed by atoms with Crippen LogP contribution in [0.25, 0.3) is 0 Å². The Morgan fingerprint density at radius 2 is 2.13 bits per heavy atom. The fourth-order valence-corrected chi connectivity index (χ4v) is 1.47. The lowest BCUT2D eigenvalue weighted by Gasteiger charge is -2.22. The fraction of sp³-hybridized carbons (Fsp3) is 0.308. The van der Waals surface area contributed by atoms with Crippen LogP contribution >= 0.6 is 0 Å². The van der Waals surface area contributed by atoms with Crippen molar-refractivity contribution in [2.75, 3.05) is 6.54 Å². The molecule has 15 heavy (non-hydrogen) atoms. The molecule has 0 aliphatic carbocycles. The summed E-state index contributed by atoms with van der Waals surface area (Å²) < 4.78 is 0. The Bertz CT molecular complexity index is 339. The summed E-state index contributed by atoms with van der Waals surface area (Å²) in [6, 6.07) is 10.2. The molecule has 0 aliphatic heterocycles. The van der Waals surface area contributed by atoms with Gasteiger partial charge in [-0.15, -0.1) is 6.42 Å². The van der Waals surface area contributed by atoms with Crippen molar-refractivity contribution < 1.29 is 4.79 Å². The lowest BCUT2D eigenvalue weighted by molar-refractivity contribution is -0.119. The number of hydrogen-bond donors (Lipinski definition) is 0. The van der Waals surface area contributed by atoms with Crippen LogP contribution in [0.1, 0.15) is 12.5 Å². The summed E-state index contributed by atoms with van der Waals surface area (Å²) in [5, 5.41) is 0. The number of benzene rings is 1. The van der Waals surface area contributed by atoms with Crippen LogP contribution in [0.2, 0.25) is 0 Å². The van der Waals surface area contributed by atoms with E-state index in [-0.39, 0.29) is 6.04 Å². The molecule has 0 aromatic heterocycles. The van der Waals surface area contributed by atoms with Crippen LogP contribution in [0, 0.1) is 12.3 Å². The first-order valence-electron chi connectivity index (χ1n) is 4.96. The summed E-state index contributed by atoms with van der Waals surface area (Å²) in [6.45, 7) is 2.37. The molecule has 0 radical (unpaired) electrons. The van der Waals surface area contributed by atoms with Crippen LogP contribution in [0.15, 0.2) is 30.3 Å². The summed E-state index contributed by atoms with van der Waals surface area (Å²) in [5.74, 6) is 2.48. The van der Waals surface area contributed by atoms with Crippen LogP contribution in [0.3, 0.4) is 0 Å². The molecule has 2 nitrogen and oxygen atoms in total. The molecule has 1 atom stereocenters. The highest BCUT2D eigenvalue weighted by molar-refractivity contribution is 5.48. The Labute approximate surface area is 90.9 Å². The van der Waals surface area contributed by atoms with Crippen molar-refractivity contribution in [2.45, 2.75) is 19.4 Å². The van der Waals surface area contributed by atoms with E-state index in [1.807, 2.05) is 25.1 Å². The number of terminal acetylenes is 1. The standard InChI is InChI=1S/C13H15NO/c1-3-9-14(11-15)12(2)10-13-7-5-4-6-8-13/h1,4-8,11-12H,9-10H2,2H3. The zero-order valence-electron chi connectivity index (χ0n) is 8.89. The summed E-state index contributed by atoms with van der Waals surface area (Å²) in [6.07, 6.45) is 6.83. The molecule has 78 valence electrons. The Kier molecular flexibility index (Phi) is 4.43. The van der Waals surface area contributed by atoms with Gasteiger partial charge in [-0.3, -0.25) is 4.79 Å². The number of carbonyl (C=O) groups is 1. The average Bonchev–Trinajstić information content (AvgIpc) is 2.27. The average molecular weight is 201 g/mol. The lowest BCUT2D eigenvalue weighted by Crippen LogP contribution is -2.33. The fourth-order valence-electron chi connectivity index (χ4n) is 1.47. The summed E-state index contributed by atoms with van der Waals surface area (Å²) >= 11 is 0. The van der Waals surface area contributed by atoms with E-state index in [2.05, 4.69) is 18.1 Å². The highest BCUT2D eigenvalue weighted by Gasteiger charge is 2.10. The Hall–Kier alpha value is -1.75. The van der Waals surface area contributed by atoms with E-state index in [9.17, 15) is 4.79 Å². The Balaban J connectivity index is 2.58. The number of amides is 1. The lowest BCUT2D eigenvalue weighted by atomic mass is 10.1. The van der Waals surface area contributed by atoms with E-state index >= 15 is 0 Å². The van der Waals surface area contributed by atoms with Crippen molar-refractivity contribution in [3.63, 3.8) is 0 Å². The molecular formula is C13H15NO. The summed E-state index contributed by atoms with van der Waals surface area (Å²) in [4.78, 5) is 12.4. The number of nitrogens with zero attached hydrogens (tertiary/aromatic N) is 1. The van der Waals surface area contributed by atoms with Gasteiger partial charge in [0.2, 0.25) is 6.41 Å². The van der Waals surface area contributed by atoms with Gasteiger partial charge in [0, 0.05) is 6.04 Å². The van der Waals surface area contributed by atoms with E-state index in [4.69, 9.17) is 6.42 Å². The van der Waals surface area contributed by atoms with Crippen molar-refractivity contribution in [2.24, 2.45) is 0 Å². The van der Waals surface area contributed by atoms with Gasteiger partial charge in [0.1, 0.15) is 0 Å². The quantitative estimate of drug-likeness (QED) is 0.524. The molecule has 0 heterocycles. The van der Waals surface area contributed by atoms with Crippen molar-refractivity contribution in [1.82, 2.24) is 4.90 Å². The van der Waals surface area contributed by atoms with E-state index in [0.29, 0.717) is 6.54 Å². The highest BCUT2D eigenvalue weighted by atomic mass is 16.1. The smallest absolute Gasteiger partial charge is 0.210 e. The highest BCUT2D eigenvalue weighted by Crippen LogP contribution is 2.06. The second-order valence-corrected chi connectivity index (χ2v) is 3.52. The minimum absolute atomic E-state index is 0.140. The maximum Gasteiger partial charge on any atom is 0.210 e. The second-order valence-electron chi connectivity index (χ2n) is 3.52. The van der Waals surface area contributed by atoms with Gasteiger partial charge >= 0.3 is 0 Å². The van der Waals surface area contributed by atoms with Crippen molar-refractivity contribution in [3.05, 3.63) is 35.9 Å². The maximum absolute atomic E-state index is 10.8. The van der Waals surface area contributed by atoms with Crippen molar-refractivity contribution >= 4 is 6.41 Å². The molecule has 0 spiro atoms. The van der Waals surface area contributed by atoms with Crippen LogP contribution in [0.5, 0.6) is 0 Å². The third-order valence-corrected chi connectivity index (χ3v) is 2.35. The summed E-state index contributed by atoms with van der Waals surface area (Å²) in [7, 11) is 0. The van der Waals surface area contributed by atoms with Gasteiger partial charge in [-0.25, -0.2) is 0 Å². The molecule has 0 bridgehead atoms. The molecule has 1 amide bonds.